The van der Waals surface area contributed by atoms with Gasteiger partial charge in [0.2, 0.25) is 0 Å². The predicted octanol–water partition coefficient (Wildman–Crippen LogP) is 2.51. The standard InChI is InChI=1S/C23H37FN2O2/c1-23(2,3)18-8-10-20(11-9-18)28-17-19(27)16-25-12-14-26(15-13-25)22-7-5-4-6-21(22)24/h4-7,18-20,27H,8-17H2,1-3H3/p+1/t18?,19-,20?/m1/s1. The van der Waals surface area contributed by atoms with E-state index in [-0.39, 0.29) is 5.82 Å². The van der Waals surface area contributed by atoms with Crippen molar-refractivity contribution < 1.29 is 19.1 Å². The fourth-order valence-corrected chi connectivity index (χ4v) is 4.71. The number of halogens is 1. The second kappa shape index (κ2) is 9.55. The lowest BCUT2D eigenvalue weighted by atomic mass is 9.72. The number of rotatable bonds is 6. The minimum atomic E-state index is -0.421. The number of aliphatic hydroxyl groups is 1. The number of hydrogen-bond donors (Lipinski definition) is 2. The molecule has 1 heterocycles. The van der Waals surface area contributed by atoms with Crippen LogP contribution in [0.5, 0.6) is 0 Å². The van der Waals surface area contributed by atoms with Gasteiger partial charge in [0.25, 0.3) is 0 Å². The Morgan fingerprint density at radius 2 is 1.79 bits per heavy atom. The van der Waals surface area contributed by atoms with Gasteiger partial charge in [-0.05, 0) is 49.1 Å². The number of quaternary nitrogens is 1. The summed E-state index contributed by atoms with van der Waals surface area (Å²) >= 11 is 0. The molecule has 3 rings (SSSR count). The van der Waals surface area contributed by atoms with E-state index in [1.807, 2.05) is 12.1 Å². The van der Waals surface area contributed by atoms with E-state index >= 15 is 0 Å². The Morgan fingerprint density at radius 1 is 1.14 bits per heavy atom. The Hall–Kier alpha value is -1.17. The van der Waals surface area contributed by atoms with E-state index in [9.17, 15) is 9.50 Å². The van der Waals surface area contributed by atoms with Crippen molar-refractivity contribution in [3.63, 3.8) is 0 Å². The summed E-state index contributed by atoms with van der Waals surface area (Å²) in [5, 5.41) is 10.4. The number of ether oxygens (including phenoxy) is 1. The molecule has 4 nitrogen and oxygen atoms in total. The fraction of sp³-hybridized carbons (Fsp3) is 0.739. The van der Waals surface area contributed by atoms with Gasteiger partial charge in [0, 0.05) is 0 Å². The molecule has 2 aliphatic rings. The summed E-state index contributed by atoms with van der Waals surface area (Å²) in [6.07, 6.45) is 4.57. The first-order valence-corrected chi connectivity index (χ1v) is 11.0. The van der Waals surface area contributed by atoms with E-state index in [1.165, 1.54) is 23.8 Å². The van der Waals surface area contributed by atoms with Gasteiger partial charge in [-0.2, -0.15) is 0 Å². The van der Waals surface area contributed by atoms with Crippen LogP contribution in [0.2, 0.25) is 0 Å². The van der Waals surface area contributed by atoms with Crippen LogP contribution in [0.15, 0.2) is 24.3 Å². The van der Waals surface area contributed by atoms with E-state index in [0.29, 0.717) is 30.4 Å². The zero-order valence-corrected chi connectivity index (χ0v) is 17.8. The van der Waals surface area contributed by atoms with Crippen molar-refractivity contribution >= 4 is 5.69 Å². The molecule has 1 saturated heterocycles. The molecule has 2 N–H and O–H groups in total. The Bertz CT molecular complexity index is 603. The van der Waals surface area contributed by atoms with E-state index in [0.717, 1.165) is 44.9 Å². The van der Waals surface area contributed by atoms with Crippen molar-refractivity contribution in [2.75, 3.05) is 44.2 Å². The number of aliphatic hydroxyl groups excluding tert-OH is 1. The van der Waals surface area contributed by atoms with Gasteiger partial charge in [-0.1, -0.05) is 32.9 Å². The van der Waals surface area contributed by atoms with Crippen LogP contribution in [0, 0.1) is 17.2 Å². The number of nitrogens with one attached hydrogen (secondary N) is 1. The molecule has 1 saturated carbocycles. The number of nitrogens with zero attached hydrogens (tertiary/aromatic N) is 1. The van der Waals surface area contributed by atoms with Gasteiger partial charge < -0.3 is 19.6 Å². The molecule has 0 radical (unpaired) electrons. The highest BCUT2D eigenvalue weighted by molar-refractivity contribution is 5.47. The summed E-state index contributed by atoms with van der Waals surface area (Å²) < 4.78 is 20.0. The zero-order chi connectivity index (χ0) is 20.1. The minimum absolute atomic E-state index is 0.152. The molecule has 0 aromatic heterocycles. The third-order valence-electron chi connectivity index (χ3n) is 6.61. The molecule has 158 valence electrons. The number of benzene rings is 1. The average molecular weight is 394 g/mol. The van der Waals surface area contributed by atoms with Crippen molar-refractivity contribution in [1.29, 1.82) is 0 Å². The number of hydrogen-bond acceptors (Lipinski definition) is 3. The molecule has 28 heavy (non-hydrogen) atoms. The lowest BCUT2D eigenvalue weighted by molar-refractivity contribution is -0.903. The van der Waals surface area contributed by atoms with Crippen molar-refractivity contribution in [2.45, 2.75) is 58.7 Å². The SMILES string of the molecule is CC(C)(C)C1CCC(OC[C@H](O)C[NH+]2CCN(c3ccccc3F)CC2)CC1. The van der Waals surface area contributed by atoms with Crippen molar-refractivity contribution in [2.24, 2.45) is 11.3 Å². The smallest absolute Gasteiger partial charge is 0.146 e. The third kappa shape index (κ3) is 5.91. The minimum Gasteiger partial charge on any atom is -0.385 e. The third-order valence-corrected chi connectivity index (χ3v) is 6.61. The highest BCUT2D eigenvalue weighted by Gasteiger charge is 2.30. The lowest BCUT2D eigenvalue weighted by Crippen LogP contribution is -3.16. The fourth-order valence-electron chi connectivity index (χ4n) is 4.71. The lowest BCUT2D eigenvalue weighted by Gasteiger charge is -2.37. The van der Waals surface area contributed by atoms with Crippen LogP contribution in [-0.2, 0) is 4.74 Å². The zero-order valence-electron chi connectivity index (χ0n) is 17.8. The van der Waals surface area contributed by atoms with Crippen molar-refractivity contribution in [1.82, 2.24) is 0 Å². The molecule has 2 fully saturated rings. The van der Waals surface area contributed by atoms with E-state index in [2.05, 4.69) is 25.7 Å². The number of anilines is 1. The van der Waals surface area contributed by atoms with Gasteiger partial charge in [-0.3, -0.25) is 0 Å². The van der Waals surface area contributed by atoms with Crippen molar-refractivity contribution in [3.8, 4) is 0 Å². The molecule has 1 aliphatic carbocycles. The summed E-state index contributed by atoms with van der Waals surface area (Å²) in [4.78, 5) is 3.48. The van der Waals surface area contributed by atoms with Gasteiger partial charge in [0.05, 0.1) is 44.6 Å². The topological polar surface area (TPSA) is 37.1 Å². The van der Waals surface area contributed by atoms with Crippen LogP contribution < -0.4 is 9.80 Å². The molecule has 1 aromatic carbocycles. The van der Waals surface area contributed by atoms with Crippen molar-refractivity contribution in [3.05, 3.63) is 30.1 Å². The normalized spacial score (nSPS) is 25.7. The molecule has 1 aliphatic heterocycles. The number of piperazine rings is 1. The highest BCUT2D eigenvalue weighted by atomic mass is 19.1. The van der Waals surface area contributed by atoms with Crippen LogP contribution in [0.3, 0.4) is 0 Å². The molecule has 5 heteroatoms. The summed E-state index contributed by atoms with van der Waals surface area (Å²) in [6, 6.07) is 6.97. The van der Waals surface area contributed by atoms with Gasteiger partial charge in [0.15, 0.2) is 0 Å². The van der Waals surface area contributed by atoms with Gasteiger partial charge >= 0.3 is 0 Å². The Balaban J connectivity index is 1.34. The van der Waals surface area contributed by atoms with E-state index in [4.69, 9.17) is 4.74 Å². The Morgan fingerprint density at radius 3 is 2.39 bits per heavy atom. The summed E-state index contributed by atoms with van der Waals surface area (Å²) in [7, 11) is 0. The molecule has 0 spiro atoms. The molecular weight excluding hydrogens is 355 g/mol. The first kappa shape index (κ1) is 21.5. The van der Waals surface area contributed by atoms with Crippen LogP contribution in [0.1, 0.15) is 46.5 Å². The second-order valence-electron chi connectivity index (χ2n) is 9.72. The molecule has 0 unspecified atom stereocenters. The maximum Gasteiger partial charge on any atom is 0.146 e. The molecular formula is C23H38FN2O2+. The van der Waals surface area contributed by atoms with E-state index < -0.39 is 6.10 Å². The number of para-hydroxylation sites is 1. The Labute approximate surface area is 169 Å². The van der Waals surface area contributed by atoms with Gasteiger partial charge in [0.1, 0.15) is 18.5 Å². The van der Waals surface area contributed by atoms with Crippen LogP contribution in [-0.4, -0.2) is 56.6 Å². The molecule has 1 atom stereocenters. The summed E-state index contributed by atoms with van der Waals surface area (Å²) in [5.74, 6) is 0.632. The molecule has 1 aromatic rings. The van der Waals surface area contributed by atoms with Gasteiger partial charge in [-0.25, -0.2) is 4.39 Å². The maximum absolute atomic E-state index is 13.9. The molecule has 0 amide bonds. The predicted molar refractivity (Wildman–Crippen MR) is 111 cm³/mol. The van der Waals surface area contributed by atoms with Crippen LogP contribution in [0.25, 0.3) is 0 Å². The molecule has 0 bridgehead atoms. The maximum atomic E-state index is 13.9. The largest absolute Gasteiger partial charge is 0.385 e. The van der Waals surface area contributed by atoms with Gasteiger partial charge in [-0.15, -0.1) is 0 Å². The average Bonchev–Trinajstić information content (AvgIpc) is 2.67. The summed E-state index contributed by atoms with van der Waals surface area (Å²) in [5.41, 5.74) is 1.08. The highest BCUT2D eigenvalue weighted by Crippen LogP contribution is 2.38. The first-order chi connectivity index (χ1) is 13.3. The van der Waals surface area contributed by atoms with E-state index in [1.54, 1.807) is 6.07 Å². The monoisotopic (exact) mass is 393 g/mol. The second-order valence-corrected chi connectivity index (χ2v) is 9.72. The Kier molecular flexibility index (Phi) is 7.35. The first-order valence-electron chi connectivity index (χ1n) is 11.0. The van der Waals surface area contributed by atoms with Crippen LogP contribution in [0.4, 0.5) is 10.1 Å². The van der Waals surface area contributed by atoms with Crippen LogP contribution >= 0.6 is 0 Å². The quantitative estimate of drug-likeness (QED) is 0.780. The summed E-state index contributed by atoms with van der Waals surface area (Å²) in [6.45, 7) is 11.6.